The molecule has 2 bridgehead atoms. The van der Waals surface area contributed by atoms with Gasteiger partial charge in [-0.2, -0.15) is 0 Å². The van der Waals surface area contributed by atoms with Gasteiger partial charge in [-0.25, -0.2) is 0 Å². The Bertz CT molecular complexity index is 755. The zero-order valence-electron chi connectivity index (χ0n) is 14.6. The summed E-state index contributed by atoms with van der Waals surface area (Å²) in [6.45, 7) is 7.37. The number of para-hydroxylation sites is 1. The summed E-state index contributed by atoms with van der Waals surface area (Å²) < 4.78 is 0. The van der Waals surface area contributed by atoms with Gasteiger partial charge < -0.3 is 5.32 Å². The molecule has 0 radical (unpaired) electrons. The number of hydrogen-bond donors (Lipinski definition) is 1. The standard InChI is InChI=1S/C22H27N/c1-14-8-16-12-21(3)10-15(2)11-22(13-21)20(16)18(9-14)17-6-4-5-7-19(17)23-22/h4-7,12,14-15,23H,8-11,13H2,1-3H3/t14-,15-,21+,22+/m0/s1. The number of benzene rings is 1. The molecule has 0 unspecified atom stereocenters. The van der Waals surface area contributed by atoms with Crippen LogP contribution in [0.3, 0.4) is 0 Å². The number of fused-ring (bicyclic) bond motifs is 3. The van der Waals surface area contributed by atoms with Gasteiger partial charge in [0.05, 0.1) is 5.54 Å². The molecule has 0 amide bonds. The van der Waals surface area contributed by atoms with Crippen LogP contribution in [0, 0.1) is 17.3 Å². The fraction of sp³-hybridized carbons (Fsp3) is 0.545. The van der Waals surface area contributed by atoms with Gasteiger partial charge in [0.1, 0.15) is 0 Å². The van der Waals surface area contributed by atoms with Crippen LogP contribution in [0.4, 0.5) is 5.69 Å². The first kappa shape index (κ1) is 13.9. The lowest BCUT2D eigenvalue weighted by molar-refractivity contribution is 0.153. The van der Waals surface area contributed by atoms with Crippen molar-refractivity contribution < 1.29 is 0 Å². The first-order valence-corrected chi connectivity index (χ1v) is 9.31. The molecule has 0 aromatic heterocycles. The molecule has 1 aromatic rings. The van der Waals surface area contributed by atoms with Crippen molar-refractivity contribution in [1.82, 2.24) is 0 Å². The summed E-state index contributed by atoms with van der Waals surface area (Å²) in [5.41, 5.74) is 8.42. The Balaban J connectivity index is 1.82. The first-order chi connectivity index (χ1) is 11.0. The predicted molar refractivity (Wildman–Crippen MR) is 97.3 cm³/mol. The monoisotopic (exact) mass is 305 g/mol. The molecule has 120 valence electrons. The molecule has 1 spiro atoms. The molecular weight excluding hydrogens is 278 g/mol. The van der Waals surface area contributed by atoms with E-state index in [0.717, 1.165) is 11.8 Å². The van der Waals surface area contributed by atoms with Crippen LogP contribution in [0.2, 0.25) is 0 Å². The lowest BCUT2D eigenvalue weighted by Gasteiger charge is -2.57. The van der Waals surface area contributed by atoms with Gasteiger partial charge in [-0.05, 0) is 72.1 Å². The van der Waals surface area contributed by atoms with Gasteiger partial charge in [-0.3, -0.25) is 0 Å². The van der Waals surface area contributed by atoms with Crippen LogP contribution < -0.4 is 5.32 Å². The zero-order valence-corrected chi connectivity index (χ0v) is 14.6. The second-order valence-electron chi connectivity index (χ2n) is 9.13. The van der Waals surface area contributed by atoms with Crippen LogP contribution >= 0.6 is 0 Å². The lowest BCUT2D eigenvalue weighted by atomic mass is 9.52. The van der Waals surface area contributed by atoms with Crippen LogP contribution in [0.25, 0.3) is 5.57 Å². The molecule has 1 aromatic carbocycles. The van der Waals surface area contributed by atoms with Crippen molar-refractivity contribution in [2.45, 2.75) is 58.4 Å². The molecule has 1 fully saturated rings. The first-order valence-electron chi connectivity index (χ1n) is 9.31. The highest BCUT2D eigenvalue weighted by atomic mass is 15.0. The van der Waals surface area contributed by atoms with Crippen molar-refractivity contribution >= 4 is 11.3 Å². The maximum atomic E-state index is 4.04. The van der Waals surface area contributed by atoms with Gasteiger partial charge >= 0.3 is 0 Å². The van der Waals surface area contributed by atoms with E-state index in [-0.39, 0.29) is 5.54 Å². The van der Waals surface area contributed by atoms with Crippen molar-refractivity contribution in [3.8, 4) is 0 Å². The number of nitrogens with one attached hydrogen (secondary N) is 1. The van der Waals surface area contributed by atoms with Gasteiger partial charge in [-0.15, -0.1) is 0 Å². The second kappa shape index (κ2) is 4.32. The highest BCUT2D eigenvalue weighted by Crippen LogP contribution is 2.61. The van der Waals surface area contributed by atoms with Crippen LogP contribution in [-0.2, 0) is 0 Å². The molecule has 23 heavy (non-hydrogen) atoms. The average molecular weight is 305 g/mol. The van der Waals surface area contributed by atoms with Crippen LogP contribution in [0.15, 0.2) is 41.5 Å². The molecule has 1 heteroatoms. The highest BCUT2D eigenvalue weighted by Gasteiger charge is 2.53. The van der Waals surface area contributed by atoms with Crippen LogP contribution in [0.5, 0.6) is 0 Å². The molecule has 1 heterocycles. The molecule has 1 N–H and O–H groups in total. The van der Waals surface area contributed by atoms with E-state index in [1.807, 2.05) is 0 Å². The molecule has 4 aliphatic rings. The highest BCUT2D eigenvalue weighted by molar-refractivity contribution is 5.88. The Labute approximate surface area is 139 Å². The maximum Gasteiger partial charge on any atom is 0.0641 e. The summed E-state index contributed by atoms with van der Waals surface area (Å²) in [5, 5.41) is 4.04. The topological polar surface area (TPSA) is 12.0 Å². The van der Waals surface area contributed by atoms with E-state index < -0.39 is 0 Å². The summed E-state index contributed by atoms with van der Waals surface area (Å²) in [6, 6.07) is 9.01. The minimum Gasteiger partial charge on any atom is -0.375 e. The Kier molecular flexibility index (Phi) is 2.61. The van der Waals surface area contributed by atoms with Crippen molar-refractivity contribution in [2.24, 2.45) is 17.3 Å². The SMILES string of the molecule is C[C@H]1CC2=C[C@@]3(C)C[C@H](C)C[C@]4(C3)Nc3ccccc3C(=C24)C1. The smallest absolute Gasteiger partial charge is 0.0641 e. The van der Waals surface area contributed by atoms with E-state index >= 15 is 0 Å². The number of rotatable bonds is 0. The summed E-state index contributed by atoms with van der Waals surface area (Å²) in [6.07, 6.45) is 9.10. The predicted octanol–water partition coefficient (Wildman–Crippen LogP) is 5.80. The van der Waals surface area contributed by atoms with Gasteiger partial charge in [0.2, 0.25) is 0 Å². The zero-order chi connectivity index (χ0) is 15.8. The Morgan fingerprint density at radius 1 is 1.04 bits per heavy atom. The fourth-order valence-electron chi connectivity index (χ4n) is 6.45. The Morgan fingerprint density at radius 2 is 1.87 bits per heavy atom. The third-order valence-corrected chi connectivity index (χ3v) is 6.59. The Morgan fingerprint density at radius 3 is 2.74 bits per heavy atom. The minimum absolute atomic E-state index is 0.195. The number of allylic oxidation sites excluding steroid dienone is 2. The molecule has 3 aliphatic carbocycles. The molecule has 1 nitrogen and oxygen atoms in total. The molecular formula is C22H27N. The number of anilines is 1. The molecule has 1 aliphatic heterocycles. The van der Waals surface area contributed by atoms with E-state index in [9.17, 15) is 0 Å². The summed E-state index contributed by atoms with van der Waals surface area (Å²) in [7, 11) is 0. The Hall–Kier alpha value is -1.50. The van der Waals surface area contributed by atoms with Gasteiger partial charge in [0.15, 0.2) is 0 Å². The molecule has 1 saturated carbocycles. The van der Waals surface area contributed by atoms with Gasteiger partial charge in [0.25, 0.3) is 0 Å². The van der Waals surface area contributed by atoms with Crippen molar-refractivity contribution in [3.63, 3.8) is 0 Å². The van der Waals surface area contributed by atoms with Crippen molar-refractivity contribution in [2.75, 3.05) is 5.32 Å². The normalized spacial score (nSPS) is 40.7. The maximum absolute atomic E-state index is 4.04. The molecule has 4 atom stereocenters. The summed E-state index contributed by atoms with van der Waals surface area (Å²) in [5.74, 6) is 1.56. The fourth-order valence-corrected chi connectivity index (χ4v) is 6.45. The quantitative estimate of drug-likeness (QED) is 0.638. The minimum atomic E-state index is 0.195. The van der Waals surface area contributed by atoms with Gasteiger partial charge in [-0.1, -0.05) is 45.0 Å². The van der Waals surface area contributed by atoms with E-state index in [4.69, 9.17) is 0 Å². The lowest BCUT2D eigenvalue weighted by Crippen LogP contribution is -2.54. The third kappa shape index (κ3) is 1.86. The second-order valence-corrected chi connectivity index (χ2v) is 9.13. The molecule has 5 rings (SSSR count). The third-order valence-electron chi connectivity index (χ3n) is 6.59. The van der Waals surface area contributed by atoms with Crippen molar-refractivity contribution in [1.29, 1.82) is 0 Å². The van der Waals surface area contributed by atoms with Gasteiger partial charge in [0, 0.05) is 11.3 Å². The largest absolute Gasteiger partial charge is 0.375 e. The van der Waals surface area contributed by atoms with Crippen LogP contribution in [0.1, 0.15) is 58.4 Å². The summed E-state index contributed by atoms with van der Waals surface area (Å²) >= 11 is 0. The number of hydrogen-bond acceptors (Lipinski definition) is 1. The van der Waals surface area contributed by atoms with E-state index in [1.54, 1.807) is 16.7 Å². The van der Waals surface area contributed by atoms with E-state index in [2.05, 4.69) is 56.4 Å². The van der Waals surface area contributed by atoms with Crippen molar-refractivity contribution in [3.05, 3.63) is 47.1 Å². The van der Waals surface area contributed by atoms with E-state index in [1.165, 1.54) is 43.4 Å². The summed E-state index contributed by atoms with van der Waals surface area (Å²) in [4.78, 5) is 0. The van der Waals surface area contributed by atoms with E-state index in [0.29, 0.717) is 5.41 Å². The average Bonchev–Trinajstić information content (AvgIpc) is 2.44. The molecule has 0 saturated heterocycles. The van der Waals surface area contributed by atoms with Crippen LogP contribution in [-0.4, -0.2) is 5.54 Å².